The summed E-state index contributed by atoms with van der Waals surface area (Å²) in [4.78, 5) is 0. The molecule has 1 atom stereocenters. The third-order valence-electron chi connectivity index (χ3n) is 4.22. The molecule has 1 N–H and O–H groups in total. The van der Waals surface area contributed by atoms with Gasteiger partial charge in [0.05, 0.1) is 6.04 Å². The fourth-order valence-corrected chi connectivity index (χ4v) is 3.33. The average molecular weight is 235 g/mol. The molecule has 0 bridgehead atoms. The Morgan fingerprint density at radius 2 is 2.06 bits per heavy atom. The van der Waals surface area contributed by atoms with Crippen molar-refractivity contribution in [1.82, 2.24) is 0 Å². The van der Waals surface area contributed by atoms with Crippen molar-refractivity contribution in [3.8, 4) is 0 Å². The van der Waals surface area contributed by atoms with Crippen LogP contribution in [0, 0.1) is 5.41 Å². The van der Waals surface area contributed by atoms with E-state index in [1.165, 1.54) is 28.0 Å². The lowest BCUT2D eigenvalue weighted by Crippen LogP contribution is -2.19. The second kappa shape index (κ2) is 3.17. The molecule has 90 valence electrons. The normalized spacial score (nSPS) is 26.3. The molecule has 0 amide bonds. The summed E-state index contributed by atoms with van der Waals surface area (Å²) in [7, 11) is 0. The van der Waals surface area contributed by atoms with Crippen LogP contribution in [0.15, 0.2) is 53.6 Å². The van der Waals surface area contributed by atoms with E-state index in [1.54, 1.807) is 0 Å². The first-order valence-electron chi connectivity index (χ1n) is 6.64. The van der Waals surface area contributed by atoms with Crippen LogP contribution in [0.5, 0.6) is 0 Å². The Balaban J connectivity index is 1.80. The van der Waals surface area contributed by atoms with Crippen molar-refractivity contribution in [2.45, 2.75) is 26.3 Å². The van der Waals surface area contributed by atoms with Gasteiger partial charge < -0.3 is 5.32 Å². The number of hydrogen-bond acceptors (Lipinski definition) is 1. The molecule has 1 aromatic carbocycles. The molecule has 0 saturated heterocycles. The average Bonchev–Trinajstić information content (AvgIpc) is 2.82. The van der Waals surface area contributed by atoms with Crippen molar-refractivity contribution >= 4 is 11.3 Å². The molecule has 1 heteroatoms. The van der Waals surface area contributed by atoms with Crippen LogP contribution < -0.4 is 5.32 Å². The summed E-state index contributed by atoms with van der Waals surface area (Å²) in [5, 5.41) is 3.65. The second-order valence-electron chi connectivity index (χ2n) is 6.20. The monoisotopic (exact) mass is 235 g/mol. The summed E-state index contributed by atoms with van der Waals surface area (Å²) in [6.45, 7) is 4.61. The SMILES string of the molecule is CC1(C)C=CC2=C(C=C3c4ccccc4NC32)C1. The van der Waals surface area contributed by atoms with Crippen LogP contribution in [0.4, 0.5) is 5.69 Å². The lowest BCUT2D eigenvalue weighted by atomic mass is 9.80. The summed E-state index contributed by atoms with van der Waals surface area (Å²) < 4.78 is 0. The van der Waals surface area contributed by atoms with Gasteiger partial charge in [0.1, 0.15) is 0 Å². The van der Waals surface area contributed by atoms with E-state index in [1.807, 2.05) is 0 Å². The molecule has 4 rings (SSSR count). The van der Waals surface area contributed by atoms with E-state index in [9.17, 15) is 0 Å². The Kier molecular flexibility index (Phi) is 1.79. The topological polar surface area (TPSA) is 12.0 Å². The minimum Gasteiger partial charge on any atom is -0.374 e. The quantitative estimate of drug-likeness (QED) is 0.712. The van der Waals surface area contributed by atoms with Crippen molar-refractivity contribution in [1.29, 1.82) is 0 Å². The largest absolute Gasteiger partial charge is 0.374 e. The van der Waals surface area contributed by atoms with Crippen LogP contribution in [0.25, 0.3) is 5.57 Å². The molecule has 1 unspecified atom stereocenters. The molecule has 1 nitrogen and oxygen atoms in total. The predicted octanol–water partition coefficient (Wildman–Crippen LogP) is 4.16. The zero-order chi connectivity index (χ0) is 12.3. The van der Waals surface area contributed by atoms with Gasteiger partial charge >= 0.3 is 0 Å². The molecule has 0 aromatic heterocycles. The zero-order valence-corrected chi connectivity index (χ0v) is 10.8. The van der Waals surface area contributed by atoms with Crippen LogP contribution in [-0.4, -0.2) is 6.04 Å². The van der Waals surface area contributed by atoms with E-state index in [4.69, 9.17) is 0 Å². The van der Waals surface area contributed by atoms with Crippen molar-refractivity contribution in [3.63, 3.8) is 0 Å². The minimum absolute atomic E-state index is 0.300. The Hall–Kier alpha value is -1.76. The van der Waals surface area contributed by atoms with Crippen LogP contribution >= 0.6 is 0 Å². The highest BCUT2D eigenvalue weighted by molar-refractivity contribution is 5.93. The number of fused-ring (bicyclic) bond motifs is 4. The molecule has 1 aromatic rings. The van der Waals surface area contributed by atoms with Gasteiger partial charge in [0.25, 0.3) is 0 Å². The first-order chi connectivity index (χ1) is 8.64. The number of anilines is 1. The predicted molar refractivity (Wildman–Crippen MR) is 76.4 cm³/mol. The number of nitrogens with one attached hydrogen (secondary N) is 1. The molecule has 1 aliphatic heterocycles. The molecule has 0 saturated carbocycles. The van der Waals surface area contributed by atoms with Crippen molar-refractivity contribution < 1.29 is 0 Å². The Bertz CT molecular complexity index is 629. The van der Waals surface area contributed by atoms with Gasteiger partial charge in [-0.15, -0.1) is 0 Å². The van der Waals surface area contributed by atoms with Crippen LogP contribution in [0.1, 0.15) is 25.8 Å². The number of benzene rings is 1. The molecule has 0 radical (unpaired) electrons. The molecular weight excluding hydrogens is 218 g/mol. The summed E-state index contributed by atoms with van der Waals surface area (Å²) in [6.07, 6.45) is 8.24. The first kappa shape index (κ1) is 10.2. The van der Waals surface area contributed by atoms with Crippen LogP contribution in [0.3, 0.4) is 0 Å². The smallest absolute Gasteiger partial charge is 0.0776 e. The van der Waals surface area contributed by atoms with Gasteiger partial charge in [0, 0.05) is 11.3 Å². The lowest BCUT2D eigenvalue weighted by molar-refractivity contribution is 0.472. The number of para-hydroxylation sites is 1. The van der Waals surface area contributed by atoms with Gasteiger partial charge in [-0.2, -0.15) is 0 Å². The molecule has 18 heavy (non-hydrogen) atoms. The number of allylic oxidation sites excluding steroid dienone is 3. The van der Waals surface area contributed by atoms with Gasteiger partial charge in [-0.05, 0) is 34.6 Å². The van der Waals surface area contributed by atoms with Gasteiger partial charge in [-0.3, -0.25) is 0 Å². The Morgan fingerprint density at radius 1 is 1.22 bits per heavy atom. The molecule has 1 heterocycles. The van der Waals surface area contributed by atoms with Crippen molar-refractivity contribution in [2.24, 2.45) is 5.41 Å². The van der Waals surface area contributed by atoms with E-state index in [-0.39, 0.29) is 0 Å². The number of rotatable bonds is 0. The van der Waals surface area contributed by atoms with Crippen LogP contribution in [0.2, 0.25) is 0 Å². The first-order valence-corrected chi connectivity index (χ1v) is 6.64. The third-order valence-corrected chi connectivity index (χ3v) is 4.22. The molecule has 0 fully saturated rings. The second-order valence-corrected chi connectivity index (χ2v) is 6.20. The van der Waals surface area contributed by atoms with Crippen molar-refractivity contribution in [2.75, 3.05) is 5.32 Å². The molecule has 3 aliphatic rings. The fraction of sp³-hybridized carbons (Fsp3) is 0.294. The van der Waals surface area contributed by atoms with Gasteiger partial charge in [-0.25, -0.2) is 0 Å². The lowest BCUT2D eigenvalue weighted by Gasteiger charge is -2.26. The Morgan fingerprint density at radius 3 is 2.94 bits per heavy atom. The van der Waals surface area contributed by atoms with E-state index < -0.39 is 0 Å². The molecular formula is C17H17N. The van der Waals surface area contributed by atoms with Gasteiger partial charge in [-0.1, -0.05) is 50.3 Å². The highest BCUT2D eigenvalue weighted by Gasteiger charge is 2.36. The summed E-state index contributed by atoms with van der Waals surface area (Å²) >= 11 is 0. The van der Waals surface area contributed by atoms with Gasteiger partial charge in [0.2, 0.25) is 0 Å². The maximum absolute atomic E-state index is 3.65. The maximum atomic E-state index is 3.65. The van der Waals surface area contributed by atoms with E-state index in [0.717, 1.165) is 6.42 Å². The summed E-state index contributed by atoms with van der Waals surface area (Å²) in [5.41, 5.74) is 7.40. The molecule has 2 aliphatic carbocycles. The van der Waals surface area contributed by atoms with E-state index >= 15 is 0 Å². The van der Waals surface area contributed by atoms with E-state index in [2.05, 4.69) is 61.7 Å². The molecule has 0 spiro atoms. The van der Waals surface area contributed by atoms with Crippen LogP contribution in [-0.2, 0) is 0 Å². The maximum Gasteiger partial charge on any atom is 0.0776 e. The van der Waals surface area contributed by atoms with E-state index in [0.29, 0.717) is 11.5 Å². The zero-order valence-electron chi connectivity index (χ0n) is 10.8. The third kappa shape index (κ3) is 1.28. The fourth-order valence-electron chi connectivity index (χ4n) is 3.33. The Labute approximate surface area is 108 Å². The highest BCUT2D eigenvalue weighted by atomic mass is 15.0. The minimum atomic E-state index is 0.300. The van der Waals surface area contributed by atoms with Crippen molar-refractivity contribution in [3.05, 3.63) is 59.2 Å². The summed E-state index contributed by atoms with van der Waals surface area (Å²) in [5.74, 6) is 0. The number of hydrogen-bond donors (Lipinski definition) is 1. The highest BCUT2D eigenvalue weighted by Crippen LogP contribution is 2.48. The van der Waals surface area contributed by atoms with Gasteiger partial charge in [0.15, 0.2) is 0 Å². The summed E-state index contributed by atoms with van der Waals surface area (Å²) in [6, 6.07) is 9.01. The standard InChI is InChI=1S/C17H17N/c1-17(2)8-7-12-11(10-17)9-14-13-5-3-4-6-15(13)18-16(12)14/h3-9,16,18H,10H2,1-2H3.